The zero-order valence-corrected chi connectivity index (χ0v) is 14.4. The molecule has 126 valence electrons. The van der Waals surface area contributed by atoms with Gasteiger partial charge in [0.2, 0.25) is 0 Å². The number of rotatable bonds is 4. The Morgan fingerprint density at radius 2 is 2.12 bits per heavy atom. The summed E-state index contributed by atoms with van der Waals surface area (Å²) in [6, 6.07) is 3.73. The third-order valence-corrected chi connectivity index (χ3v) is 5.29. The van der Waals surface area contributed by atoms with Crippen LogP contribution >= 0.6 is 11.3 Å². The average molecular weight is 368 g/mol. The zero-order valence-electron chi connectivity index (χ0n) is 12.8. The minimum atomic E-state index is -3.67. The summed E-state index contributed by atoms with van der Waals surface area (Å²) in [7, 11) is -3.67. The second-order valence-corrected chi connectivity index (χ2v) is 8.20. The van der Waals surface area contributed by atoms with E-state index in [2.05, 4.69) is 10.1 Å². The standard InChI is InChI=1S/C15H13FN2O4S2/c1-8-17-11(7-23-8)15-14(12(6-19)22-18-15)9-3-4-13(10(16)5-9)24(2,20)21/h3-5,7,19H,6H2,1-2H3. The molecule has 0 aliphatic heterocycles. The van der Waals surface area contributed by atoms with Crippen LogP contribution in [0.1, 0.15) is 10.8 Å². The molecule has 0 radical (unpaired) electrons. The smallest absolute Gasteiger partial charge is 0.178 e. The fraction of sp³-hybridized carbons (Fsp3) is 0.200. The Balaban J connectivity index is 2.19. The molecule has 0 aliphatic rings. The van der Waals surface area contributed by atoms with Gasteiger partial charge >= 0.3 is 0 Å². The van der Waals surface area contributed by atoms with Crippen molar-refractivity contribution in [3.8, 4) is 22.5 Å². The molecule has 6 nitrogen and oxygen atoms in total. The topological polar surface area (TPSA) is 93.3 Å². The van der Waals surface area contributed by atoms with E-state index in [9.17, 15) is 17.9 Å². The van der Waals surface area contributed by atoms with Crippen molar-refractivity contribution < 1.29 is 22.4 Å². The quantitative estimate of drug-likeness (QED) is 0.761. The van der Waals surface area contributed by atoms with Gasteiger partial charge in [-0.15, -0.1) is 11.3 Å². The lowest BCUT2D eigenvalue weighted by Gasteiger charge is -2.05. The van der Waals surface area contributed by atoms with Gasteiger partial charge in [0.15, 0.2) is 15.6 Å². The summed E-state index contributed by atoms with van der Waals surface area (Å²) in [5.41, 5.74) is 1.66. The summed E-state index contributed by atoms with van der Waals surface area (Å²) < 4.78 is 42.4. The van der Waals surface area contributed by atoms with Gasteiger partial charge < -0.3 is 9.63 Å². The molecule has 24 heavy (non-hydrogen) atoms. The van der Waals surface area contributed by atoms with Crippen LogP contribution < -0.4 is 0 Å². The molecule has 3 aromatic rings. The van der Waals surface area contributed by atoms with Crippen molar-refractivity contribution in [2.45, 2.75) is 18.4 Å². The van der Waals surface area contributed by atoms with Crippen LogP contribution in [0.4, 0.5) is 4.39 Å². The van der Waals surface area contributed by atoms with Crippen LogP contribution in [0.3, 0.4) is 0 Å². The molecule has 1 aromatic carbocycles. The number of aliphatic hydroxyl groups excluding tert-OH is 1. The Bertz CT molecular complexity index is 1010. The van der Waals surface area contributed by atoms with Crippen molar-refractivity contribution in [3.05, 3.63) is 40.2 Å². The minimum absolute atomic E-state index is 0.155. The van der Waals surface area contributed by atoms with Gasteiger partial charge in [-0.1, -0.05) is 11.2 Å². The predicted molar refractivity (Wildman–Crippen MR) is 86.8 cm³/mol. The first-order chi connectivity index (χ1) is 11.3. The fourth-order valence-electron chi connectivity index (χ4n) is 2.33. The van der Waals surface area contributed by atoms with Crippen molar-refractivity contribution in [3.63, 3.8) is 0 Å². The molecule has 0 aliphatic carbocycles. The molecule has 2 aromatic heterocycles. The Morgan fingerprint density at radius 1 is 1.38 bits per heavy atom. The van der Waals surface area contributed by atoms with Gasteiger partial charge in [-0.3, -0.25) is 0 Å². The van der Waals surface area contributed by atoms with E-state index < -0.39 is 22.3 Å². The number of halogens is 1. The Labute approximate surface area is 141 Å². The maximum absolute atomic E-state index is 14.2. The number of aromatic nitrogens is 2. The molecule has 0 unspecified atom stereocenters. The van der Waals surface area contributed by atoms with Crippen molar-refractivity contribution in [2.24, 2.45) is 0 Å². The van der Waals surface area contributed by atoms with E-state index in [1.807, 2.05) is 6.92 Å². The second-order valence-electron chi connectivity index (χ2n) is 5.16. The Morgan fingerprint density at radius 3 is 2.67 bits per heavy atom. The Kier molecular flexibility index (Phi) is 4.24. The van der Waals surface area contributed by atoms with E-state index in [4.69, 9.17) is 4.52 Å². The number of hydrogen-bond acceptors (Lipinski definition) is 7. The van der Waals surface area contributed by atoms with Crippen LogP contribution in [0.25, 0.3) is 22.5 Å². The van der Waals surface area contributed by atoms with Gasteiger partial charge in [0.1, 0.15) is 28.7 Å². The third kappa shape index (κ3) is 2.97. The van der Waals surface area contributed by atoms with Crippen molar-refractivity contribution in [1.29, 1.82) is 0 Å². The maximum Gasteiger partial charge on any atom is 0.178 e. The number of nitrogens with zero attached hydrogens (tertiary/aromatic N) is 2. The lowest BCUT2D eigenvalue weighted by atomic mass is 10.0. The van der Waals surface area contributed by atoms with E-state index in [1.165, 1.54) is 23.5 Å². The van der Waals surface area contributed by atoms with Crippen LogP contribution in [-0.2, 0) is 16.4 Å². The van der Waals surface area contributed by atoms with E-state index in [0.717, 1.165) is 17.3 Å². The van der Waals surface area contributed by atoms with E-state index in [-0.39, 0.29) is 10.7 Å². The lowest BCUT2D eigenvalue weighted by Crippen LogP contribution is -2.01. The summed E-state index contributed by atoms with van der Waals surface area (Å²) in [6.07, 6.45) is 0.938. The Hall–Kier alpha value is -2.10. The molecule has 0 spiro atoms. The fourth-order valence-corrected chi connectivity index (χ4v) is 3.66. The van der Waals surface area contributed by atoms with Crippen molar-refractivity contribution in [1.82, 2.24) is 10.1 Å². The summed E-state index contributed by atoms with van der Waals surface area (Å²) in [6.45, 7) is 1.41. The molecule has 0 bridgehead atoms. The largest absolute Gasteiger partial charge is 0.388 e. The van der Waals surface area contributed by atoms with Gasteiger partial charge in [0.05, 0.1) is 10.6 Å². The number of benzene rings is 1. The highest BCUT2D eigenvalue weighted by molar-refractivity contribution is 7.90. The molecule has 0 atom stereocenters. The number of aliphatic hydroxyl groups is 1. The SMILES string of the molecule is Cc1nc(-c2noc(CO)c2-c2ccc(S(C)(=O)=O)c(F)c2)cs1. The summed E-state index contributed by atoms with van der Waals surface area (Å²) in [5, 5.41) is 16.0. The van der Waals surface area contributed by atoms with Gasteiger partial charge in [-0.2, -0.15) is 0 Å². The summed E-state index contributed by atoms with van der Waals surface area (Å²) in [5.74, 6) is -0.720. The predicted octanol–water partition coefficient (Wildman–Crippen LogP) is 2.81. The average Bonchev–Trinajstić information content (AvgIpc) is 3.11. The first kappa shape index (κ1) is 16.7. The molecular weight excluding hydrogens is 355 g/mol. The number of thiazole rings is 1. The molecule has 0 saturated heterocycles. The van der Waals surface area contributed by atoms with Crippen LogP contribution in [0.2, 0.25) is 0 Å². The second kappa shape index (κ2) is 6.08. The van der Waals surface area contributed by atoms with E-state index in [0.29, 0.717) is 22.5 Å². The molecule has 1 N–H and O–H groups in total. The first-order valence-electron chi connectivity index (χ1n) is 6.83. The minimum Gasteiger partial charge on any atom is -0.388 e. The lowest BCUT2D eigenvalue weighted by molar-refractivity contribution is 0.230. The first-order valence-corrected chi connectivity index (χ1v) is 9.60. The van der Waals surface area contributed by atoms with Crippen LogP contribution in [0.5, 0.6) is 0 Å². The van der Waals surface area contributed by atoms with Crippen molar-refractivity contribution >= 4 is 21.2 Å². The van der Waals surface area contributed by atoms with Gasteiger partial charge in [0.25, 0.3) is 0 Å². The highest BCUT2D eigenvalue weighted by atomic mass is 32.2. The van der Waals surface area contributed by atoms with Crippen molar-refractivity contribution in [2.75, 3.05) is 6.26 Å². The van der Waals surface area contributed by atoms with Gasteiger partial charge in [-0.25, -0.2) is 17.8 Å². The highest BCUT2D eigenvalue weighted by Crippen LogP contribution is 2.36. The monoisotopic (exact) mass is 368 g/mol. The number of hydrogen-bond donors (Lipinski definition) is 1. The number of aryl methyl sites for hydroxylation is 1. The molecular formula is C15H13FN2O4S2. The van der Waals surface area contributed by atoms with E-state index in [1.54, 1.807) is 5.38 Å². The maximum atomic E-state index is 14.2. The number of sulfone groups is 1. The van der Waals surface area contributed by atoms with E-state index >= 15 is 0 Å². The molecule has 2 heterocycles. The molecule has 0 saturated carbocycles. The molecule has 3 rings (SSSR count). The summed E-state index contributed by atoms with van der Waals surface area (Å²) in [4.78, 5) is 3.93. The van der Waals surface area contributed by atoms with Gasteiger partial charge in [-0.05, 0) is 24.6 Å². The third-order valence-electron chi connectivity index (χ3n) is 3.39. The molecule has 9 heteroatoms. The zero-order chi connectivity index (χ0) is 17.5. The molecule has 0 amide bonds. The highest BCUT2D eigenvalue weighted by Gasteiger charge is 2.22. The van der Waals surface area contributed by atoms with Crippen LogP contribution in [0, 0.1) is 12.7 Å². The normalized spacial score (nSPS) is 11.8. The summed E-state index contributed by atoms with van der Waals surface area (Å²) >= 11 is 1.42. The molecule has 0 fully saturated rings. The van der Waals surface area contributed by atoms with Crippen LogP contribution in [0.15, 0.2) is 33.0 Å². The van der Waals surface area contributed by atoms with Gasteiger partial charge in [0, 0.05) is 11.6 Å². The van der Waals surface area contributed by atoms with Crippen LogP contribution in [-0.4, -0.2) is 29.9 Å².